The molecule has 1 aromatic carbocycles. The maximum atomic E-state index is 11.8. The highest BCUT2D eigenvalue weighted by atomic mass is 16.1. The van der Waals surface area contributed by atoms with E-state index in [-0.39, 0.29) is 11.4 Å². The molecule has 0 spiro atoms. The van der Waals surface area contributed by atoms with Gasteiger partial charge in [-0.3, -0.25) is 4.79 Å². The van der Waals surface area contributed by atoms with Crippen LogP contribution in [0, 0.1) is 0 Å². The number of rotatable bonds is 2. The quantitative estimate of drug-likeness (QED) is 0.852. The zero-order valence-corrected chi connectivity index (χ0v) is 11.5. The maximum Gasteiger partial charge on any atom is 0.220 e. The molecule has 2 saturated heterocycles. The number of carbonyl (C=O) groups is 1. The SMILES string of the molecule is C[C@]12C[C@@H](Cc3ccccc3)N[C@H]1CCCC(=O)N2. The fourth-order valence-corrected chi connectivity index (χ4v) is 3.60. The van der Waals surface area contributed by atoms with Crippen LogP contribution in [0.25, 0.3) is 0 Å². The third-order valence-electron chi connectivity index (χ3n) is 4.52. The smallest absolute Gasteiger partial charge is 0.220 e. The van der Waals surface area contributed by atoms with Crippen molar-refractivity contribution in [2.24, 2.45) is 0 Å². The first-order chi connectivity index (χ1) is 9.16. The molecule has 0 unspecified atom stereocenters. The van der Waals surface area contributed by atoms with Gasteiger partial charge in [0, 0.05) is 18.5 Å². The summed E-state index contributed by atoms with van der Waals surface area (Å²) in [4.78, 5) is 11.8. The molecule has 1 amide bonds. The van der Waals surface area contributed by atoms with E-state index in [1.807, 2.05) is 0 Å². The van der Waals surface area contributed by atoms with Gasteiger partial charge in [0.15, 0.2) is 0 Å². The lowest BCUT2D eigenvalue weighted by atomic mass is 9.89. The van der Waals surface area contributed by atoms with Crippen LogP contribution in [-0.2, 0) is 11.2 Å². The van der Waals surface area contributed by atoms with E-state index < -0.39 is 0 Å². The Kier molecular flexibility index (Phi) is 3.31. The van der Waals surface area contributed by atoms with Crippen LogP contribution in [0.3, 0.4) is 0 Å². The van der Waals surface area contributed by atoms with Crippen LogP contribution in [0.15, 0.2) is 30.3 Å². The van der Waals surface area contributed by atoms with E-state index in [1.54, 1.807) is 0 Å². The molecule has 0 radical (unpaired) electrons. The molecule has 0 aliphatic carbocycles. The van der Waals surface area contributed by atoms with Crippen molar-refractivity contribution in [3.05, 3.63) is 35.9 Å². The van der Waals surface area contributed by atoms with Gasteiger partial charge in [-0.1, -0.05) is 30.3 Å². The van der Waals surface area contributed by atoms with E-state index in [9.17, 15) is 4.79 Å². The number of amides is 1. The van der Waals surface area contributed by atoms with Gasteiger partial charge in [-0.15, -0.1) is 0 Å². The van der Waals surface area contributed by atoms with Gasteiger partial charge < -0.3 is 10.6 Å². The van der Waals surface area contributed by atoms with Crippen molar-refractivity contribution in [3.8, 4) is 0 Å². The zero-order valence-electron chi connectivity index (χ0n) is 11.5. The van der Waals surface area contributed by atoms with Crippen LogP contribution in [0.4, 0.5) is 0 Å². The summed E-state index contributed by atoms with van der Waals surface area (Å²) in [5.41, 5.74) is 1.30. The molecule has 2 N–H and O–H groups in total. The summed E-state index contributed by atoms with van der Waals surface area (Å²) in [7, 11) is 0. The standard InChI is InChI=1S/C16H22N2O/c1-16-11-13(10-12-6-3-2-4-7-12)17-14(16)8-5-9-15(19)18-16/h2-4,6-7,13-14,17H,5,8-11H2,1H3,(H,18,19)/t13-,14+,16+/m1/s1. The lowest BCUT2D eigenvalue weighted by Gasteiger charge is -2.29. The number of hydrogen-bond acceptors (Lipinski definition) is 2. The molecule has 102 valence electrons. The fraction of sp³-hybridized carbons (Fsp3) is 0.562. The van der Waals surface area contributed by atoms with E-state index in [2.05, 4.69) is 47.9 Å². The van der Waals surface area contributed by atoms with Crippen LogP contribution in [0.5, 0.6) is 0 Å². The van der Waals surface area contributed by atoms with Gasteiger partial charge in [-0.2, -0.15) is 0 Å². The van der Waals surface area contributed by atoms with Gasteiger partial charge in [-0.05, 0) is 38.2 Å². The van der Waals surface area contributed by atoms with Gasteiger partial charge in [0.25, 0.3) is 0 Å². The van der Waals surface area contributed by atoms with Crippen molar-refractivity contribution >= 4 is 5.91 Å². The highest BCUT2D eigenvalue weighted by Crippen LogP contribution is 2.31. The summed E-state index contributed by atoms with van der Waals surface area (Å²) in [5.74, 6) is 0.215. The molecular weight excluding hydrogens is 236 g/mol. The van der Waals surface area contributed by atoms with Crippen molar-refractivity contribution in [1.29, 1.82) is 0 Å². The Hall–Kier alpha value is -1.35. The third-order valence-corrected chi connectivity index (χ3v) is 4.52. The molecule has 3 rings (SSSR count). The Morgan fingerprint density at radius 1 is 1.32 bits per heavy atom. The lowest BCUT2D eigenvalue weighted by molar-refractivity contribution is -0.122. The van der Waals surface area contributed by atoms with Gasteiger partial charge in [-0.25, -0.2) is 0 Å². The molecular formula is C16H22N2O. The lowest BCUT2D eigenvalue weighted by Crippen LogP contribution is -2.52. The number of carbonyl (C=O) groups excluding carboxylic acids is 1. The molecule has 1 aromatic rings. The minimum atomic E-state index is -0.0625. The summed E-state index contributed by atoms with van der Waals surface area (Å²) in [5, 5.41) is 6.96. The topological polar surface area (TPSA) is 41.1 Å². The third kappa shape index (κ3) is 2.66. The van der Waals surface area contributed by atoms with Crippen LogP contribution in [0.1, 0.15) is 38.2 Å². The fourth-order valence-electron chi connectivity index (χ4n) is 3.60. The van der Waals surface area contributed by atoms with Crippen molar-refractivity contribution in [3.63, 3.8) is 0 Å². The summed E-state index contributed by atoms with van der Waals surface area (Å²) in [6, 6.07) is 11.5. The van der Waals surface area contributed by atoms with Crippen molar-refractivity contribution in [2.45, 2.75) is 56.7 Å². The van der Waals surface area contributed by atoms with Gasteiger partial charge in [0.2, 0.25) is 5.91 Å². The highest BCUT2D eigenvalue weighted by Gasteiger charge is 2.45. The van der Waals surface area contributed by atoms with E-state index in [0.717, 1.165) is 25.7 Å². The maximum absolute atomic E-state index is 11.8. The van der Waals surface area contributed by atoms with Gasteiger partial charge >= 0.3 is 0 Å². The van der Waals surface area contributed by atoms with E-state index in [4.69, 9.17) is 0 Å². The van der Waals surface area contributed by atoms with E-state index >= 15 is 0 Å². The number of hydrogen-bond donors (Lipinski definition) is 2. The predicted molar refractivity (Wildman–Crippen MR) is 75.9 cm³/mol. The Bertz CT molecular complexity index is 459. The predicted octanol–water partition coefficient (Wildman–Crippen LogP) is 2.02. The molecule has 0 bridgehead atoms. The number of benzene rings is 1. The van der Waals surface area contributed by atoms with Crippen molar-refractivity contribution in [2.75, 3.05) is 0 Å². The molecule has 2 heterocycles. The van der Waals surface area contributed by atoms with E-state index in [0.29, 0.717) is 18.5 Å². The molecule has 2 aliphatic heterocycles. The van der Waals surface area contributed by atoms with Gasteiger partial charge in [0.1, 0.15) is 0 Å². The largest absolute Gasteiger partial charge is 0.349 e. The first-order valence-corrected chi connectivity index (χ1v) is 7.27. The molecule has 0 saturated carbocycles. The number of fused-ring (bicyclic) bond motifs is 1. The minimum absolute atomic E-state index is 0.0625. The molecule has 3 nitrogen and oxygen atoms in total. The monoisotopic (exact) mass is 258 g/mol. The van der Waals surface area contributed by atoms with Gasteiger partial charge in [0.05, 0.1) is 5.54 Å². The molecule has 0 aromatic heterocycles. The van der Waals surface area contributed by atoms with Crippen LogP contribution < -0.4 is 10.6 Å². The highest BCUT2D eigenvalue weighted by molar-refractivity contribution is 5.77. The minimum Gasteiger partial charge on any atom is -0.349 e. The van der Waals surface area contributed by atoms with Crippen LogP contribution in [0.2, 0.25) is 0 Å². The first-order valence-electron chi connectivity index (χ1n) is 7.27. The van der Waals surface area contributed by atoms with Crippen LogP contribution in [-0.4, -0.2) is 23.5 Å². The summed E-state index contributed by atoms with van der Waals surface area (Å²) in [6.45, 7) is 2.19. The van der Waals surface area contributed by atoms with Crippen molar-refractivity contribution in [1.82, 2.24) is 10.6 Å². The molecule has 2 fully saturated rings. The second kappa shape index (κ2) is 4.97. The summed E-state index contributed by atoms with van der Waals surface area (Å²) in [6.07, 6.45) is 4.84. The molecule has 2 aliphatic rings. The molecule has 3 heteroatoms. The van der Waals surface area contributed by atoms with Crippen molar-refractivity contribution < 1.29 is 4.79 Å². The Labute approximate surface area is 114 Å². The zero-order chi connectivity index (χ0) is 13.3. The summed E-state index contributed by atoms with van der Waals surface area (Å²) < 4.78 is 0. The molecule has 19 heavy (non-hydrogen) atoms. The average molecular weight is 258 g/mol. The van der Waals surface area contributed by atoms with Crippen LogP contribution >= 0.6 is 0 Å². The Balaban J connectivity index is 1.70. The Morgan fingerprint density at radius 2 is 2.11 bits per heavy atom. The average Bonchev–Trinajstić information content (AvgIpc) is 2.59. The first kappa shape index (κ1) is 12.7. The Morgan fingerprint density at radius 3 is 2.89 bits per heavy atom. The normalized spacial score (nSPS) is 34.5. The second-order valence-corrected chi connectivity index (χ2v) is 6.17. The number of nitrogens with one attached hydrogen (secondary N) is 2. The second-order valence-electron chi connectivity index (χ2n) is 6.17. The van der Waals surface area contributed by atoms with E-state index in [1.165, 1.54) is 5.56 Å². The summed E-state index contributed by atoms with van der Waals surface area (Å²) >= 11 is 0. The molecule has 3 atom stereocenters.